The summed E-state index contributed by atoms with van der Waals surface area (Å²) < 4.78 is 0. The first-order chi connectivity index (χ1) is 7.47. The van der Waals surface area contributed by atoms with E-state index >= 15 is 0 Å². The van der Waals surface area contributed by atoms with E-state index in [0.717, 1.165) is 5.52 Å². The number of hydrogen-bond acceptors (Lipinski definition) is 2. The van der Waals surface area contributed by atoms with E-state index in [9.17, 15) is 4.79 Å². The average Bonchev–Trinajstić information content (AvgIpc) is 2.61. The van der Waals surface area contributed by atoms with Gasteiger partial charge in [0.25, 0.3) is 5.91 Å². The number of benzene rings is 1. The Morgan fingerprint density at radius 1 is 1.38 bits per heavy atom. The topological polar surface area (TPSA) is 57.8 Å². The second-order valence-corrected chi connectivity index (χ2v) is 4.81. The van der Waals surface area contributed by atoms with Crippen molar-refractivity contribution in [2.45, 2.75) is 26.3 Å². The molecule has 2 aromatic rings. The number of carbonyl (C=O) groups excluding carboxylic acids is 1. The highest BCUT2D eigenvalue weighted by atomic mass is 16.1. The Morgan fingerprint density at radius 3 is 2.81 bits per heavy atom. The lowest BCUT2D eigenvalue weighted by atomic mass is 10.1. The number of H-pyrrole nitrogens is 1. The van der Waals surface area contributed by atoms with Crippen molar-refractivity contribution in [2.24, 2.45) is 0 Å². The Balaban J connectivity index is 2.40. The molecular formula is C12H15N3O. The number of aromatic amines is 1. The van der Waals surface area contributed by atoms with Crippen LogP contribution in [0.4, 0.5) is 0 Å². The molecule has 1 heterocycles. The predicted molar refractivity (Wildman–Crippen MR) is 63.3 cm³/mol. The van der Waals surface area contributed by atoms with Gasteiger partial charge in [-0.2, -0.15) is 0 Å². The van der Waals surface area contributed by atoms with Gasteiger partial charge in [-0.05, 0) is 32.9 Å². The van der Waals surface area contributed by atoms with Gasteiger partial charge in [-0.25, -0.2) is 4.98 Å². The summed E-state index contributed by atoms with van der Waals surface area (Å²) in [5.41, 5.74) is 1.95. The summed E-state index contributed by atoms with van der Waals surface area (Å²) in [5.74, 6) is -0.0924. The Bertz CT molecular complexity index is 522. The molecule has 0 atom stereocenters. The highest BCUT2D eigenvalue weighted by molar-refractivity contribution is 6.04. The fourth-order valence-corrected chi connectivity index (χ4v) is 1.56. The van der Waals surface area contributed by atoms with E-state index in [-0.39, 0.29) is 11.4 Å². The fourth-order valence-electron chi connectivity index (χ4n) is 1.56. The third-order valence-corrected chi connectivity index (χ3v) is 2.18. The molecule has 0 bridgehead atoms. The van der Waals surface area contributed by atoms with E-state index in [4.69, 9.17) is 0 Å². The first-order valence-corrected chi connectivity index (χ1v) is 5.22. The predicted octanol–water partition coefficient (Wildman–Crippen LogP) is 2.09. The average molecular weight is 217 g/mol. The molecular weight excluding hydrogens is 202 g/mol. The SMILES string of the molecule is CC(C)(C)NC(=O)c1cccc2[nH]cnc12. The summed E-state index contributed by atoms with van der Waals surface area (Å²) in [6.07, 6.45) is 1.60. The number of amides is 1. The maximum Gasteiger partial charge on any atom is 0.253 e. The lowest BCUT2D eigenvalue weighted by Crippen LogP contribution is -2.40. The molecule has 4 heteroatoms. The monoisotopic (exact) mass is 217 g/mol. The fraction of sp³-hybridized carbons (Fsp3) is 0.333. The molecule has 16 heavy (non-hydrogen) atoms. The molecule has 1 aromatic heterocycles. The van der Waals surface area contributed by atoms with Gasteiger partial charge in [0.2, 0.25) is 0 Å². The van der Waals surface area contributed by atoms with E-state index in [1.165, 1.54) is 0 Å². The molecule has 0 saturated heterocycles. The lowest BCUT2D eigenvalue weighted by Gasteiger charge is -2.20. The van der Waals surface area contributed by atoms with E-state index < -0.39 is 0 Å². The minimum absolute atomic E-state index is 0.0924. The first-order valence-electron chi connectivity index (χ1n) is 5.22. The van der Waals surface area contributed by atoms with Crippen LogP contribution < -0.4 is 5.32 Å². The maximum atomic E-state index is 12.0. The van der Waals surface area contributed by atoms with Crippen molar-refractivity contribution in [3.8, 4) is 0 Å². The molecule has 0 aliphatic rings. The van der Waals surface area contributed by atoms with Crippen LogP contribution in [-0.4, -0.2) is 21.4 Å². The minimum Gasteiger partial charge on any atom is -0.347 e. The molecule has 0 aliphatic carbocycles. The summed E-state index contributed by atoms with van der Waals surface area (Å²) in [7, 11) is 0. The number of rotatable bonds is 1. The Morgan fingerprint density at radius 2 is 2.12 bits per heavy atom. The van der Waals surface area contributed by atoms with Crippen molar-refractivity contribution in [3.05, 3.63) is 30.1 Å². The number of imidazole rings is 1. The van der Waals surface area contributed by atoms with Crippen molar-refractivity contribution in [3.63, 3.8) is 0 Å². The zero-order valence-corrected chi connectivity index (χ0v) is 9.66. The van der Waals surface area contributed by atoms with Crippen molar-refractivity contribution < 1.29 is 4.79 Å². The van der Waals surface area contributed by atoms with Crippen LogP contribution >= 0.6 is 0 Å². The van der Waals surface area contributed by atoms with Gasteiger partial charge in [-0.3, -0.25) is 4.79 Å². The molecule has 2 N–H and O–H groups in total. The van der Waals surface area contributed by atoms with E-state index in [1.807, 2.05) is 32.9 Å². The van der Waals surface area contributed by atoms with Crippen LogP contribution in [0.25, 0.3) is 11.0 Å². The van der Waals surface area contributed by atoms with E-state index in [1.54, 1.807) is 12.4 Å². The van der Waals surface area contributed by atoms with Gasteiger partial charge in [-0.15, -0.1) is 0 Å². The highest BCUT2D eigenvalue weighted by Crippen LogP contribution is 2.15. The van der Waals surface area contributed by atoms with Crippen molar-refractivity contribution in [1.29, 1.82) is 0 Å². The molecule has 1 aromatic carbocycles. The standard InChI is InChI=1S/C12H15N3O/c1-12(2,3)15-11(16)8-5-4-6-9-10(8)14-7-13-9/h4-7H,1-3H3,(H,13,14)(H,15,16). The molecule has 84 valence electrons. The third-order valence-electron chi connectivity index (χ3n) is 2.18. The Labute approximate surface area is 94.1 Å². The van der Waals surface area contributed by atoms with Gasteiger partial charge in [0.1, 0.15) is 5.52 Å². The number of carbonyl (C=O) groups is 1. The van der Waals surface area contributed by atoms with Crippen LogP contribution in [0, 0.1) is 0 Å². The lowest BCUT2D eigenvalue weighted by molar-refractivity contribution is 0.0921. The maximum absolute atomic E-state index is 12.0. The molecule has 4 nitrogen and oxygen atoms in total. The molecule has 0 saturated carbocycles. The second kappa shape index (κ2) is 3.63. The van der Waals surface area contributed by atoms with Crippen molar-refractivity contribution in [2.75, 3.05) is 0 Å². The van der Waals surface area contributed by atoms with Crippen LogP contribution in [0.1, 0.15) is 31.1 Å². The van der Waals surface area contributed by atoms with Gasteiger partial charge >= 0.3 is 0 Å². The van der Waals surface area contributed by atoms with Crippen LogP contribution in [0.2, 0.25) is 0 Å². The molecule has 0 aliphatic heterocycles. The summed E-state index contributed by atoms with van der Waals surface area (Å²) in [6.45, 7) is 5.86. The van der Waals surface area contributed by atoms with Crippen LogP contribution in [0.5, 0.6) is 0 Å². The summed E-state index contributed by atoms with van der Waals surface area (Å²) in [5, 5.41) is 2.92. The Kier molecular flexibility index (Phi) is 2.42. The number of para-hydroxylation sites is 1. The summed E-state index contributed by atoms with van der Waals surface area (Å²) in [6, 6.07) is 5.53. The first kappa shape index (κ1) is 10.7. The largest absolute Gasteiger partial charge is 0.347 e. The zero-order valence-electron chi connectivity index (χ0n) is 9.66. The van der Waals surface area contributed by atoms with E-state index in [2.05, 4.69) is 15.3 Å². The zero-order chi connectivity index (χ0) is 11.8. The van der Waals surface area contributed by atoms with Crippen molar-refractivity contribution >= 4 is 16.9 Å². The minimum atomic E-state index is -0.241. The van der Waals surface area contributed by atoms with Crippen LogP contribution in [0.3, 0.4) is 0 Å². The molecule has 0 radical (unpaired) electrons. The number of hydrogen-bond donors (Lipinski definition) is 2. The molecule has 0 spiro atoms. The number of fused-ring (bicyclic) bond motifs is 1. The van der Waals surface area contributed by atoms with E-state index in [0.29, 0.717) is 11.1 Å². The summed E-state index contributed by atoms with van der Waals surface area (Å²) in [4.78, 5) is 19.1. The van der Waals surface area contributed by atoms with Crippen molar-refractivity contribution in [1.82, 2.24) is 15.3 Å². The number of nitrogens with one attached hydrogen (secondary N) is 2. The number of nitrogens with zero attached hydrogens (tertiary/aromatic N) is 1. The van der Waals surface area contributed by atoms with Crippen LogP contribution in [0.15, 0.2) is 24.5 Å². The van der Waals surface area contributed by atoms with Gasteiger partial charge in [0.15, 0.2) is 0 Å². The number of aromatic nitrogens is 2. The highest BCUT2D eigenvalue weighted by Gasteiger charge is 2.17. The van der Waals surface area contributed by atoms with Gasteiger partial charge in [-0.1, -0.05) is 6.07 Å². The van der Waals surface area contributed by atoms with Crippen LogP contribution in [-0.2, 0) is 0 Å². The van der Waals surface area contributed by atoms with Gasteiger partial charge < -0.3 is 10.3 Å². The smallest absolute Gasteiger partial charge is 0.253 e. The van der Waals surface area contributed by atoms with Gasteiger partial charge in [0, 0.05) is 5.54 Å². The van der Waals surface area contributed by atoms with Gasteiger partial charge in [0.05, 0.1) is 17.4 Å². The molecule has 1 amide bonds. The third kappa shape index (κ3) is 2.05. The Hall–Kier alpha value is -1.84. The normalized spacial score (nSPS) is 11.7. The molecule has 0 unspecified atom stereocenters. The quantitative estimate of drug-likeness (QED) is 0.768. The molecule has 0 fully saturated rings. The second-order valence-electron chi connectivity index (χ2n) is 4.81. The molecule has 2 rings (SSSR count). The summed E-state index contributed by atoms with van der Waals surface area (Å²) >= 11 is 0.